The van der Waals surface area contributed by atoms with Crippen LogP contribution in [0.15, 0.2) is 42.7 Å². The van der Waals surface area contributed by atoms with Crippen LogP contribution in [-0.2, 0) is 6.42 Å². The van der Waals surface area contributed by atoms with E-state index in [2.05, 4.69) is 4.98 Å². The average molecular weight is 246 g/mol. The third kappa shape index (κ3) is 2.84. The van der Waals surface area contributed by atoms with Gasteiger partial charge in [-0.25, -0.2) is 4.39 Å². The van der Waals surface area contributed by atoms with Gasteiger partial charge in [-0.15, -0.1) is 0 Å². The number of methoxy groups -OCH3 is 1. The number of nitrogens with two attached hydrogens (primary N) is 1. The van der Waals surface area contributed by atoms with E-state index in [1.54, 1.807) is 25.6 Å². The van der Waals surface area contributed by atoms with Gasteiger partial charge in [-0.2, -0.15) is 0 Å². The molecule has 0 fully saturated rings. The van der Waals surface area contributed by atoms with E-state index in [1.165, 1.54) is 12.1 Å². The van der Waals surface area contributed by atoms with E-state index in [0.717, 1.165) is 5.56 Å². The van der Waals surface area contributed by atoms with Crippen LogP contribution in [0.4, 0.5) is 4.39 Å². The third-order valence-corrected chi connectivity index (χ3v) is 2.77. The van der Waals surface area contributed by atoms with Crippen LogP contribution in [0.3, 0.4) is 0 Å². The number of nitrogens with zero attached hydrogens (tertiary/aromatic N) is 1. The number of hydrogen-bond acceptors (Lipinski definition) is 3. The molecule has 1 unspecified atom stereocenters. The van der Waals surface area contributed by atoms with Gasteiger partial charge in [-0.05, 0) is 36.2 Å². The fourth-order valence-electron chi connectivity index (χ4n) is 1.88. The maximum Gasteiger partial charge on any atom is 0.123 e. The molecule has 0 bridgehead atoms. The van der Waals surface area contributed by atoms with Crippen molar-refractivity contribution in [3.8, 4) is 5.75 Å². The van der Waals surface area contributed by atoms with E-state index < -0.39 is 0 Å². The molecule has 18 heavy (non-hydrogen) atoms. The zero-order valence-corrected chi connectivity index (χ0v) is 10.1. The topological polar surface area (TPSA) is 48.1 Å². The molecule has 0 saturated carbocycles. The Balaban J connectivity index is 2.23. The highest BCUT2D eigenvalue weighted by molar-refractivity contribution is 5.37. The highest BCUT2D eigenvalue weighted by Crippen LogP contribution is 2.26. The number of hydrogen-bond donors (Lipinski definition) is 1. The molecule has 0 radical (unpaired) electrons. The summed E-state index contributed by atoms with van der Waals surface area (Å²) in [7, 11) is 1.55. The van der Waals surface area contributed by atoms with E-state index in [0.29, 0.717) is 17.7 Å². The second-order valence-corrected chi connectivity index (χ2v) is 4.06. The van der Waals surface area contributed by atoms with Crippen molar-refractivity contribution in [3.63, 3.8) is 0 Å². The molecule has 1 atom stereocenters. The first-order valence-electron chi connectivity index (χ1n) is 5.68. The van der Waals surface area contributed by atoms with E-state index in [9.17, 15) is 4.39 Å². The molecule has 3 nitrogen and oxygen atoms in total. The van der Waals surface area contributed by atoms with Crippen LogP contribution in [-0.4, -0.2) is 12.1 Å². The summed E-state index contributed by atoms with van der Waals surface area (Å²) >= 11 is 0. The largest absolute Gasteiger partial charge is 0.496 e. The molecule has 4 heteroatoms. The van der Waals surface area contributed by atoms with Crippen molar-refractivity contribution < 1.29 is 9.13 Å². The first-order chi connectivity index (χ1) is 8.70. The van der Waals surface area contributed by atoms with Crippen molar-refractivity contribution in [2.24, 2.45) is 5.73 Å². The van der Waals surface area contributed by atoms with E-state index in [4.69, 9.17) is 10.5 Å². The van der Waals surface area contributed by atoms with Crippen LogP contribution < -0.4 is 10.5 Å². The Morgan fingerprint density at radius 2 is 2.22 bits per heavy atom. The van der Waals surface area contributed by atoms with Gasteiger partial charge in [0, 0.05) is 24.0 Å². The molecule has 94 valence electrons. The van der Waals surface area contributed by atoms with E-state index in [-0.39, 0.29) is 11.9 Å². The maximum absolute atomic E-state index is 13.3. The Labute approximate surface area is 105 Å². The van der Waals surface area contributed by atoms with Crippen LogP contribution in [0, 0.1) is 5.82 Å². The molecule has 0 saturated heterocycles. The Bertz CT molecular complexity index is 516. The lowest BCUT2D eigenvalue weighted by atomic mass is 10.00. The minimum absolute atomic E-state index is 0.313. The number of halogens is 1. The standard InChI is InChI=1S/C14H15FN2O/c1-18-14-5-4-11(15)8-12(14)13(16)7-10-3-2-6-17-9-10/h2-6,8-9,13H,7,16H2,1H3. The average Bonchev–Trinajstić information content (AvgIpc) is 2.40. The van der Waals surface area contributed by atoms with Crippen molar-refractivity contribution in [2.45, 2.75) is 12.5 Å². The number of ether oxygens (including phenoxy) is 1. The fourth-order valence-corrected chi connectivity index (χ4v) is 1.88. The second-order valence-electron chi connectivity index (χ2n) is 4.06. The number of pyridine rings is 1. The van der Waals surface area contributed by atoms with E-state index in [1.807, 2.05) is 12.1 Å². The first-order valence-corrected chi connectivity index (χ1v) is 5.68. The lowest BCUT2D eigenvalue weighted by Crippen LogP contribution is -2.14. The predicted molar refractivity (Wildman–Crippen MR) is 67.8 cm³/mol. The number of benzene rings is 1. The smallest absolute Gasteiger partial charge is 0.123 e. The zero-order chi connectivity index (χ0) is 13.0. The predicted octanol–water partition coefficient (Wildman–Crippen LogP) is 2.47. The Morgan fingerprint density at radius 3 is 2.89 bits per heavy atom. The van der Waals surface area contributed by atoms with Crippen LogP contribution in [0.2, 0.25) is 0 Å². The van der Waals surface area contributed by atoms with Crippen molar-refractivity contribution >= 4 is 0 Å². The summed E-state index contributed by atoms with van der Waals surface area (Å²) in [6.07, 6.45) is 4.05. The minimum atomic E-state index is -0.320. The Kier molecular flexibility index (Phi) is 3.89. The Hall–Kier alpha value is -1.94. The SMILES string of the molecule is COc1ccc(F)cc1C(N)Cc1cccnc1. The molecule has 0 amide bonds. The lowest BCUT2D eigenvalue weighted by Gasteiger charge is -2.15. The van der Waals surface area contributed by atoms with Crippen LogP contribution in [0.5, 0.6) is 5.75 Å². The molecule has 0 aliphatic rings. The third-order valence-electron chi connectivity index (χ3n) is 2.77. The summed E-state index contributed by atoms with van der Waals surface area (Å²) < 4.78 is 18.5. The van der Waals surface area contributed by atoms with Gasteiger partial charge in [0.2, 0.25) is 0 Å². The summed E-state index contributed by atoms with van der Waals surface area (Å²) in [5.41, 5.74) is 7.78. The summed E-state index contributed by atoms with van der Waals surface area (Å²) in [5, 5.41) is 0. The van der Waals surface area contributed by atoms with Crippen molar-refractivity contribution in [1.29, 1.82) is 0 Å². The first kappa shape index (κ1) is 12.5. The zero-order valence-electron chi connectivity index (χ0n) is 10.1. The van der Waals surface area contributed by atoms with Crippen LogP contribution >= 0.6 is 0 Å². The molecule has 2 rings (SSSR count). The van der Waals surface area contributed by atoms with Gasteiger partial charge >= 0.3 is 0 Å². The minimum Gasteiger partial charge on any atom is -0.496 e. The Morgan fingerprint density at radius 1 is 1.39 bits per heavy atom. The van der Waals surface area contributed by atoms with Crippen molar-refractivity contribution in [1.82, 2.24) is 4.98 Å². The highest BCUT2D eigenvalue weighted by Gasteiger charge is 2.13. The van der Waals surface area contributed by atoms with Gasteiger partial charge < -0.3 is 10.5 Å². The van der Waals surface area contributed by atoms with Gasteiger partial charge in [0.25, 0.3) is 0 Å². The van der Waals surface area contributed by atoms with Gasteiger partial charge in [-0.3, -0.25) is 4.98 Å². The summed E-state index contributed by atoms with van der Waals surface area (Å²) in [6, 6.07) is 7.84. The molecule has 1 heterocycles. The summed E-state index contributed by atoms with van der Waals surface area (Å²) in [4.78, 5) is 4.03. The van der Waals surface area contributed by atoms with Crippen molar-refractivity contribution in [2.75, 3.05) is 7.11 Å². The molecule has 1 aromatic heterocycles. The fraction of sp³-hybridized carbons (Fsp3) is 0.214. The second kappa shape index (κ2) is 5.60. The highest BCUT2D eigenvalue weighted by atomic mass is 19.1. The molecule has 2 aromatic rings. The van der Waals surface area contributed by atoms with Crippen molar-refractivity contribution in [3.05, 3.63) is 59.7 Å². The van der Waals surface area contributed by atoms with Gasteiger partial charge in [-0.1, -0.05) is 6.07 Å². The quantitative estimate of drug-likeness (QED) is 0.901. The monoisotopic (exact) mass is 246 g/mol. The summed E-state index contributed by atoms with van der Waals surface area (Å²) in [5.74, 6) is 0.292. The molecular formula is C14H15FN2O. The number of rotatable bonds is 4. The molecule has 1 aromatic carbocycles. The van der Waals surface area contributed by atoms with E-state index >= 15 is 0 Å². The summed E-state index contributed by atoms with van der Waals surface area (Å²) in [6.45, 7) is 0. The molecule has 0 aliphatic carbocycles. The molecular weight excluding hydrogens is 231 g/mol. The molecule has 2 N–H and O–H groups in total. The van der Waals surface area contributed by atoms with Crippen LogP contribution in [0.25, 0.3) is 0 Å². The molecule has 0 aliphatic heterocycles. The van der Waals surface area contributed by atoms with Crippen LogP contribution in [0.1, 0.15) is 17.2 Å². The normalized spacial score (nSPS) is 12.2. The van der Waals surface area contributed by atoms with Gasteiger partial charge in [0.1, 0.15) is 11.6 Å². The lowest BCUT2D eigenvalue weighted by molar-refractivity contribution is 0.404. The van der Waals surface area contributed by atoms with Gasteiger partial charge in [0.05, 0.1) is 7.11 Å². The maximum atomic E-state index is 13.3. The number of aromatic nitrogens is 1. The van der Waals surface area contributed by atoms with Gasteiger partial charge in [0.15, 0.2) is 0 Å². The molecule has 0 spiro atoms.